The van der Waals surface area contributed by atoms with Crippen LogP contribution in [0.3, 0.4) is 0 Å². The molecule has 42 heavy (non-hydrogen) atoms. The number of aryl methyl sites for hydroxylation is 2. The molecule has 0 spiro atoms. The van der Waals surface area contributed by atoms with Crippen LogP contribution in [0, 0.1) is 13.8 Å². The van der Waals surface area contributed by atoms with Gasteiger partial charge in [-0.05, 0) is 61.4 Å². The van der Waals surface area contributed by atoms with Crippen molar-refractivity contribution in [3.63, 3.8) is 0 Å². The Labute approximate surface area is 235 Å². The van der Waals surface area contributed by atoms with E-state index in [1.807, 2.05) is 0 Å². The first kappa shape index (κ1) is 27.4. The van der Waals surface area contributed by atoms with E-state index in [0.717, 1.165) is 0 Å². The van der Waals surface area contributed by atoms with Crippen LogP contribution < -0.4 is 0 Å². The number of benzene rings is 2. The highest BCUT2D eigenvalue weighted by molar-refractivity contribution is 5.93. The van der Waals surface area contributed by atoms with Gasteiger partial charge >= 0.3 is 17.9 Å². The molecule has 5 aromatic rings. The second-order valence-corrected chi connectivity index (χ2v) is 9.15. The predicted molar refractivity (Wildman–Crippen MR) is 143 cm³/mol. The summed E-state index contributed by atoms with van der Waals surface area (Å²) in [4.78, 5) is 40.1. The summed E-state index contributed by atoms with van der Waals surface area (Å²) in [6.07, 6.45) is 2.93. The molecule has 0 aliphatic carbocycles. The van der Waals surface area contributed by atoms with Gasteiger partial charge in [0.2, 0.25) is 0 Å². The predicted octanol–water partition coefficient (Wildman–Crippen LogP) is 2.79. The van der Waals surface area contributed by atoms with Gasteiger partial charge in [-0.15, -0.1) is 10.2 Å². The average Bonchev–Trinajstić information content (AvgIpc) is 3.66. The maximum atomic E-state index is 12.5. The maximum absolute atomic E-state index is 12.5. The Kier molecular flexibility index (Phi) is 6.83. The average molecular weight is 572 g/mol. The fourth-order valence-corrected chi connectivity index (χ4v) is 4.16. The molecule has 15 nitrogen and oxygen atoms in total. The van der Waals surface area contributed by atoms with Crippen molar-refractivity contribution in [1.29, 1.82) is 0 Å². The SMILES string of the molecule is COC(=O)c1cc(-c2cn(-c3cc(C)c(O)c(C(=O)O)c3)nn2)nc(-n2cc(-c3cc(C)c(O)c(C(=O)O)c3)nn2)c1. The first-order valence-corrected chi connectivity index (χ1v) is 12.1. The number of rotatable bonds is 7. The molecule has 15 heteroatoms. The normalized spacial score (nSPS) is 10.9. The molecule has 0 fully saturated rings. The first-order valence-electron chi connectivity index (χ1n) is 12.1. The first-order chi connectivity index (χ1) is 20.0. The van der Waals surface area contributed by atoms with E-state index < -0.39 is 17.9 Å². The molecule has 5 rings (SSSR count). The Morgan fingerprint density at radius 2 is 1.33 bits per heavy atom. The van der Waals surface area contributed by atoms with Crippen LogP contribution in [0.1, 0.15) is 42.2 Å². The van der Waals surface area contributed by atoms with E-state index in [1.54, 1.807) is 19.9 Å². The number of aromatic hydroxyl groups is 2. The number of phenols is 2. The van der Waals surface area contributed by atoms with Gasteiger partial charge in [0.1, 0.15) is 34.0 Å². The molecule has 212 valence electrons. The zero-order chi connectivity index (χ0) is 30.3. The number of hydrogen-bond acceptors (Lipinski definition) is 11. The van der Waals surface area contributed by atoms with Crippen molar-refractivity contribution in [3.05, 3.63) is 76.6 Å². The fourth-order valence-electron chi connectivity index (χ4n) is 4.16. The molecule has 3 heterocycles. The Morgan fingerprint density at radius 1 is 0.738 bits per heavy atom. The number of ether oxygens (including phenoxy) is 1. The number of nitrogens with zero attached hydrogens (tertiary/aromatic N) is 7. The van der Waals surface area contributed by atoms with Crippen LogP contribution in [0.4, 0.5) is 0 Å². The Balaban J connectivity index is 1.57. The van der Waals surface area contributed by atoms with Crippen LogP contribution in [-0.2, 0) is 4.74 Å². The van der Waals surface area contributed by atoms with E-state index in [-0.39, 0.29) is 51.1 Å². The standard InChI is InChI=1S/C27H21N7O8/c1-12-4-14(6-17(23(12)35)25(37)38)20-10-34(32-29-20)22-8-15(27(41)42-3)7-19(28-22)21-11-33(31-30-21)16-5-13(2)24(36)18(9-16)26(39)40/h4-11,35-36H,1-3H3,(H,37,38)(H,39,40). The second kappa shape index (κ2) is 10.5. The summed E-state index contributed by atoms with van der Waals surface area (Å²) in [5.74, 6) is -3.87. The Hall–Kier alpha value is -6.12. The van der Waals surface area contributed by atoms with Crippen molar-refractivity contribution in [2.75, 3.05) is 7.11 Å². The summed E-state index contributed by atoms with van der Waals surface area (Å²) in [6, 6.07) is 8.42. The van der Waals surface area contributed by atoms with E-state index in [2.05, 4.69) is 25.6 Å². The quantitative estimate of drug-likeness (QED) is 0.207. The summed E-state index contributed by atoms with van der Waals surface area (Å²) in [7, 11) is 1.21. The topological polar surface area (TPSA) is 216 Å². The molecule has 4 N–H and O–H groups in total. The minimum atomic E-state index is -1.32. The number of hydrogen-bond donors (Lipinski definition) is 4. The lowest BCUT2D eigenvalue weighted by Crippen LogP contribution is -2.07. The molecular weight excluding hydrogens is 550 g/mol. The molecule has 0 unspecified atom stereocenters. The van der Waals surface area contributed by atoms with Crippen LogP contribution >= 0.6 is 0 Å². The highest BCUT2D eigenvalue weighted by Crippen LogP contribution is 2.30. The van der Waals surface area contributed by atoms with Crippen molar-refractivity contribution in [1.82, 2.24) is 35.0 Å². The van der Waals surface area contributed by atoms with Gasteiger partial charge in [-0.2, -0.15) is 0 Å². The highest BCUT2D eigenvalue weighted by Gasteiger charge is 2.20. The zero-order valence-electron chi connectivity index (χ0n) is 22.2. The number of pyridine rings is 1. The number of aromatic carboxylic acids is 2. The fraction of sp³-hybridized carbons (Fsp3) is 0.111. The van der Waals surface area contributed by atoms with Crippen LogP contribution in [0.15, 0.2) is 48.8 Å². The van der Waals surface area contributed by atoms with E-state index >= 15 is 0 Å². The lowest BCUT2D eigenvalue weighted by Gasteiger charge is -2.08. The second-order valence-electron chi connectivity index (χ2n) is 9.15. The van der Waals surface area contributed by atoms with Crippen molar-refractivity contribution in [3.8, 4) is 45.6 Å². The lowest BCUT2D eigenvalue weighted by atomic mass is 10.0. The van der Waals surface area contributed by atoms with Crippen LogP contribution in [-0.4, -0.2) is 80.4 Å². The van der Waals surface area contributed by atoms with Crippen LogP contribution in [0.25, 0.3) is 34.2 Å². The number of carbonyl (C=O) groups excluding carboxylic acids is 1. The third kappa shape index (κ3) is 4.97. The molecule has 0 atom stereocenters. The summed E-state index contributed by atoms with van der Waals surface area (Å²) in [5, 5.41) is 55.3. The number of carboxylic acids is 2. The van der Waals surface area contributed by atoms with Crippen LogP contribution in [0.5, 0.6) is 11.5 Å². The van der Waals surface area contributed by atoms with Gasteiger partial charge in [0.15, 0.2) is 5.82 Å². The molecule has 0 radical (unpaired) electrons. The maximum Gasteiger partial charge on any atom is 0.339 e. The molecule has 0 aliphatic rings. The number of esters is 1. The summed E-state index contributed by atoms with van der Waals surface area (Å²) in [5.41, 5.74) is 1.52. The summed E-state index contributed by atoms with van der Waals surface area (Å²) < 4.78 is 7.43. The molecule has 0 saturated heterocycles. The zero-order valence-corrected chi connectivity index (χ0v) is 22.2. The van der Waals surface area contributed by atoms with Gasteiger partial charge in [-0.1, -0.05) is 10.4 Å². The lowest BCUT2D eigenvalue weighted by molar-refractivity contribution is 0.0598. The smallest absolute Gasteiger partial charge is 0.339 e. The molecule has 0 aliphatic heterocycles. The van der Waals surface area contributed by atoms with Crippen molar-refractivity contribution in [2.45, 2.75) is 13.8 Å². The van der Waals surface area contributed by atoms with E-state index in [1.165, 1.54) is 59.2 Å². The molecule has 0 bridgehead atoms. The highest BCUT2D eigenvalue weighted by atomic mass is 16.5. The minimum Gasteiger partial charge on any atom is -0.507 e. The van der Waals surface area contributed by atoms with E-state index in [4.69, 9.17) is 4.74 Å². The third-order valence-corrected chi connectivity index (χ3v) is 6.32. The van der Waals surface area contributed by atoms with Crippen LogP contribution in [0.2, 0.25) is 0 Å². The van der Waals surface area contributed by atoms with Gasteiger partial charge < -0.3 is 25.2 Å². The summed E-state index contributed by atoms with van der Waals surface area (Å²) in [6.45, 7) is 3.10. The van der Waals surface area contributed by atoms with Crippen molar-refractivity contribution < 1.29 is 39.5 Å². The van der Waals surface area contributed by atoms with Gasteiger partial charge in [0.25, 0.3) is 0 Å². The monoisotopic (exact) mass is 571 g/mol. The minimum absolute atomic E-state index is 0.103. The van der Waals surface area contributed by atoms with Gasteiger partial charge in [0, 0.05) is 5.56 Å². The largest absolute Gasteiger partial charge is 0.507 e. The summed E-state index contributed by atoms with van der Waals surface area (Å²) >= 11 is 0. The van der Waals surface area contributed by atoms with Gasteiger partial charge in [-0.25, -0.2) is 28.7 Å². The van der Waals surface area contributed by atoms with Gasteiger partial charge in [0.05, 0.1) is 36.4 Å². The molecule has 0 saturated carbocycles. The molecule has 3 aromatic heterocycles. The van der Waals surface area contributed by atoms with Gasteiger partial charge in [-0.3, -0.25) is 0 Å². The number of carboxylic acid groups (broad SMARTS) is 2. The number of aromatic nitrogens is 7. The Bertz CT molecular complexity index is 1780. The van der Waals surface area contributed by atoms with E-state index in [0.29, 0.717) is 22.4 Å². The van der Waals surface area contributed by atoms with Crippen molar-refractivity contribution in [2.24, 2.45) is 0 Å². The molecular formula is C27H21N7O8. The molecule has 0 amide bonds. The number of carbonyl (C=O) groups is 3. The van der Waals surface area contributed by atoms with E-state index in [9.17, 15) is 34.8 Å². The molecule has 2 aromatic carbocycles. The number of methoxy groups -OCH3 is 1. The third-order valence-electron chi connectivity index (χ3n) is 6.32. The Morgan fingerprint density at radius 3 is 2.00 bits per heavy atom. The van der Waals surface area contributed by atoms with Crippen molar-refractivity contribution >= 4 is 17.9 Å².